The summed E-state index contributed by atoms with van der Waals surface area (Å²) in [6, 6.07) is 8.85. The van der Waals surface area contributed by atoms with Crippen LogP contribution in [0.4, 0.5) is 5.69 Å². The summed E-state index contributed by atoms with van der Waals surface area (Å²) in [4.78, 5) is 14.7. The third-order valence-corrected chi connectivity index (χ3v) is 5.29. The van der Waals surface area contributed by atoms with Crippen molar-refractivity contribution < 1.29 is 4.79 Å². The Labute approximate surface area is 156 Å². The van der Waals surface area contributed by atoms with E-state index in [0.717, 1.165) is 43.0 Å². The number of hydrogen-bond acceptors (Lipinski definition) is 3. The number of carbonyl (C=O) groups excluding carboxylic acids is 1. The van der Waals surface area contributed by atoms with Gasteiger partial charge >= 0.3 is 0 Å². The van der Waals surface area contributed by atoms with E-state index in [0.29, 0.717) is 19.0 Å². The van der Waals surface area contributed by atoms with Crippen LogP contribution in [0, 0.1) is 27.7 Å². The van der Waals surface area contributed by atoms with Crippen LogP contribution < -0.4 is 5.32 Å². The molecule has 0 saturated carbocycles. The van der Waals surface area contributed by atoms with Gasteiger partial charge in [-0.2, -0.15) is 5.10 Å². The van der Waals surface area contributed by atoms with Gasteiger partial charge in [-0.15, -0.1) is 0 Å². The van der Waals surface area contributed by atoms with E-state index >= 15 is 0 Å². The van der Waals surface area contributed by atoms with E-state index in [-0.39, 0.29) is 5.91 Å². The number of nitrogens with zero attached hydrogens (tertiary/aromatic N) is 3. The molecule has 0 aliphatic carbocycles. The maximum Gasteiger partial charge on any atom is 0.224 e. The van der Waals surface area contributed by atoms with Crippen LogP contribution in [0.2, 0.25) is 0 Å². The van der Waals surface area contributed by atoms with Gasteiger partial charge in [0, 0.05) is 43.5 Å². The molecule has 1 aromatic carbocycles. The Morgan fingerprint density at radius 2 is 2.00 bits per heavy atom. The molecule has 1 aromatic heterocycles. The molecular weight excluding hydrogens is 324 g/mol. The summed E-state index contributed by atoms with van der Waals surface area (Å²) >= 11 is 0. The van der Waals surface area contributed by atoms with Crippen LogP contribution >= 0.6 is 0 Å². The fourth-order valence-electron chi connectivity index (χ4n) is 3.65. The van der Waals surface area contributed by atoms with Gasteiger partial charge < -0.3 is 10.2 Å². The monoisotopic (exact) mass is 354 g/mol. The zero-order valence-electron chi connectivity index (χ0n) is 16.4. The van der Waals surface area contributed by atoms with E-state index in [2.05, 4.69) is 48.5 Å². The number of carbonyl (C=O) groups is 1. The third kappa shape index (κ3) is 4.45. The Kier molecular flexibility index (Phi) is 5.64. The molecule has 140 valence electrons. The Morgan fingerprint density at radius 1 is 1.19 bits per heavy atom. The van der Waals surface area contributed by atoms with Crippen LogP contribution in [-0.4, -0.2) is 39.7 Å². The quantitative estimate of drug-likeness (QED) is 0.892. The molecule has 1 amide bonds. The third-order valence-electron chi connectivity index (χ3n) is 5.29. The van der Waals surface area contributed by atoms with E-state index in [1.807, 2.05) is 23.4 Å². The lowest BCUT2D eigenvalue weighted by Gasteiger charge is -2.34. The van der Waals surface area contributed by atoms with Crippen LogP contribution in [0.5, 0.6) is 0 Å². The lowest BCUT2D eigenvalue weighted by Crippen LogP contribution is -2.45. The molecular formula is C21H30N4O. The average Bonchev–Trinajstić information content (AvgIpc) is 2.94. The van der Waals surface area contributed by atoms with E-state index < -0.39 is 0 Å². The normalized spacial score (nSPS) is 17.4. The molecule has 5 nitrogen and oxygen atoms in total. The SMILES string of the molecule is Cc1cc(C)n(CCC(=O)N2CCCC(Nc3ccc(C)c(C)c3)C2)n1. The summed E-state index contributed by atoms with van der Waals surface area (Å²) in [7, 11) is 0. The second-order valence-corrected chi connectivity index (χ2v) is 7.52. The summed E-state index contributed by atoms with van der Waals surface area (Å²) in [5.41, 5.74) is 5.87. The van der Waals surface area contributed by atoms with Crippen molar-refractivity contribution in [3.63, 3.8) is 0 Å². The van der Waals surface area contributed by atoms with Gasteiger partial charge in [-0.05, 0) is 69.9 Å². The molecule has 1 aliphatic rings. The van der Waals surface area contributed by atoms with Crippen LogP contribution in [-0.2, 0) is 11.3 Å². The van der Waals surface area contributed by atoms with Crippen molar-refractivity contribution in [1.29, 1.82) is 0 Å². The number of piperidine rings is 1. The van der Waals surface area contributed by atoms with E-state index in [1.54, 1.807) is 0 Å². The number of amides is 1. The number of aromatic nitrogens is 2. The summed E-state index contributed by atoms with van der Waals surface area (Å²) in [6.45, 7) is 10.6. The fourth-order valence-corrected chi connectivity index (χ4v) is 3.65. The molecule has 1 saturated heterocycles. The fraction of sp³-hybridized carbons (Fsp3) is 0.524. The predicted octanol–water partition coefficient (Wildman–Crippen LogP) is 3.61. The first-order valence-corrected chi connectivity index (χ1v) is 9.55. The van der Waals surface area contributed by atoms with Crippen molar-refractivity contribution in [3.05, 3.63) is 46.8 Å². The smallest absolute Gasteiger partial charge is 0.224 e. The molecule has 0 bridgehead atoms. The Morgan fingerprint density at radius 3 is 2.69 bits per heavy atom. The summed E-state index contributed by atoms with van der Waals surface area (Å²) < 4.78 is 1.93. The van der Waals surface area contributed by atoms with Crippen molar-refractivity contribution in [3.8, 4) is 0 Å². The number of likely N-dealkylation sites (tertiary alicyclic amines) is 1. The first-order valence-electron chi connectivity index (χ1n) is 9.55. The molecule has 5 heteroatoms. The van der Waals surface area contributed by atoms with E-state index in [4.69, 9.17) is 0 Å². The Hall–Kier alpha value is -2.30. The van der Waals surface area contributed by atoms with Crippen LogP contribution in [0.15, 0.2) is 24.3 Å². The lowest BCUT2D eigenvalue weighted by atomic mass is 10.0. The van der Waals surface area contributed by atoms with Gasteiger partial charge in [-0.1, -0.05) is 6.07 Å². The minimum Gasteiger partial charge on any atom is -0.381 e. The van der Waals surface area contributed by atoms with E-state index in [9.17, 15) is 4.79 Å². The zero-order chi connectivity index (χ0) is 18.7. The van der Waals surface area contributed by atoms with Crippen LogP contribution in [0.3, 0.4) is 0 Å². The molecule has 1 aliphatic heterocycles. The van der Waals surface area contributed by atoms with Gasteiger partial charge in [-0.3, -0.25) is 9.48 Å². The van der Waals surface area contributed by atoms with Gasteiger partial charge in [0.15, 0.2) is 0 Å². The topological polar surface area (TPSA) is 50.2 Å². The van der Waals surface area contributed by atoms with Crippen LogP contribution in [0.25, 0.3) is 0 Å². The second kappa shape index (κ2) is 7.94. The van der Waals surface area contributed by atoms with Gasteiger partial charge in [0.2, 0.25) is 5.91 Å². The molecule has 2 aromatic rings. The summed E-state index contributed by atoms with van der Waals surface area (Å²) in [6.07, 6.45) is 2.67. The second-order valence-electron chi connectivity index (χ2n) is 7.52. The van der Waals surface area contributed by atoms with Crippen molar-refractivity contribution in [1.82, 2.24) is 14.7 Å². The molecule has 0 radical (unpaired) electrons. The standard InChI is InChI=1S/C21H30N4O/c1-15-7-8-19(12-16(15)2)22-20-6-5-10-24(14-20)21(26)9-11-25-18(4)13-17(3)23-25/h7-8,12-13,20,22H,5-6,9-11,14H2,1-4H3. The maximum atomic E-state index is 12.6. The highest BCUT2D eigenvalue weighted by molar-refractivity contribution is 5.76. The lowest BCUT2D eigenvalue weighted by molar-refractivity contribution is -0.132. The highest BCUT2D eigenvalue weighted by Gasteiger charge is 2.23. The summed E-state index contributed by atoms with van der Waals surface area (Å²) in [5, 5.41) is 8.06. The molecule has 2 heterocycles. The van der Waals surface area contributed by atoms with Gasteiger partial charge in [0.1, 0.15) is 0 Å². The first kappa shape index (κ1) is 18.5. The van der Waals surface area contributed by atoms with Crippen molar-refractivity contribution in [2.75, 3.05) is 18.4 Å². The number of aryl methyl sites for hydroxylation is 5. The highest BCUT2D eigenvalue weighted by atomic mass is 16.2. The van der Waals surface area contributed by atoms with E-state index in [1.165, 1.54) is 11.1 Å². The first-order chi connectivity index (χ1) is 12.4. The molecule has 26 heavy (non-hydrogen) atoms. The molecule has 0 spiro atoms. The highest BCUT2D eigenvalue weighted by Crippen LogP contribution is 2.19. The average molecular weight is 354 g/mol. The van der Waals surface area contributed by atoms with Gasteiger partial charge in [-0.25, -0.2) is 0 Å². The number of rotatable bonds is 5. The number of anilines is 1. The predicted molar refractivity (Wildman–Crippen MR) is 105 cm³/mol. The maximum absolute atomic E-state index is 12.6. The van der Waals surface area contributed by atoms with Crippen LogP contribution in [0.1, 0.15) is 41.8 Å². The van der Waals surface area contributed by atoms with Crippen molar-refractivity contribution in [2.45, 2.75) is 59.5 Å². The molecule has 3 rings (SSSR count). The molecule has 1 atom stereocenters. The minimum atomic E-state index is 0.226. The van der Waals surface area contributed by atoms with Gasteiger partial charge in [0.05, 0.1) is 5.69 Å². The van der Waals surface area contributed by atoms with Crippen molar-refractivity contribution in [2.24, 2.45) is 0 Å². The Balaban J connectivity index is 1.54. The number of benzene rings is 1. The number of nitrogens with one attached hydrogen (secondary N) is 1. The summed E-state index contributed by atoms with van der Waals surface area (Å²) in [5.74, 6) is 0.226. The zero-order valence-corrected chi connectivity index (χ0v) is 16.4. The van der Waals surface area contributed by atoms with Crippen molar-refractivity contribution >= 4 is 11.6 Å². The molecule has 1 unspecified atom stereocenters. The molecule has 1 fully saturated rings. The largest absolute Gasteiger partial charge is 0.381 e. The Bertz CT molecular complexity index is 780. The minimum absolute atomic E-state index is 0.226. The molecule has 1 N–H and O–H groups in total. The van der Waals surface area contributed by atoms with Gasteiger partial charge in [0.25, 0.3) is 0 Å². The number of hydrogen-bond donors (Lipinski definition) is 1.